The maximum Gasteiger partial charge on any atom is 0.407 e. The first-order valence-corrected chi connectivity index (χ1v) is 9.70. The Bertz CT molecular complexity index is 848. The van der Waals surface area contributed by atoms with Crippen molar-refractivity contribution in [1.29, 1.82) is 0 Å². The molecule has 3 rings (SSSR count). The number of carbonyl (C=O) groups is 2. The van der Waals surface area contributed by atoms with E-state index < -0.39 is 6.09 Å². The van der Waals surface area contributed by atoms with Gasteiger partial charge < -0.3 is 20.6 Å². The molecule has 2 heterocycles. The van der Waals surface area contributed by atoms with E-state index in [0.717, 1.165) is 36.5 Å². The highest BCUT2D eigenvalue weighted by atomic mass is 16.4. The number of hydrogen-bond donors (Lipinski definition) is 3. The summed E-state index contributed by atoms with van der Waals surface area (Å²) in [7, 11) is 0. The minimum atomic E-state index is -0.855. The number of carbonyl (C=O) groups excluding carboxylic acids is 1. The smallest absolute Gasteiger partial charge is 0.407 e. The number of pyridine rings is 1. The average molecular weight is 397 g/mol. The van der Waals surface area contributed by atoms with Gasteiger partial charge in [-0.15, -0.1) is 0 Å². The van der Waals surface area contributed by atoms with E-state index in [1.165, 1.54) is 4.90 Å². The van der Waals surface area contributed by atoms with Gasteiger partial charge in [0.2, 0.25) is 0 Å². The second-order valence-corrected chi connectivity index (χ2v) is 7.30. The van der Waals surface area contributed by atoms with Gasteiger partial charge in [0, 0.05) is 38.4 Å². The number of carboxylic acid groups (broad SMARTS) is 1. The standard InChI is InChI=1S/C21H27N5O3/c1-15-6-7-19(13-22-15)24-20(27)23-16(2)18-5-3-4-17(12-18)14-25-8-10-26(11-9-25)21(28)29/h3-7,12-13,16H,8-11,14H2,1-2H3,(H,28,29)(H2,23,24,27). The molecule has 3 N–H and O–H groups in total. The number of piperazine rings is 1. The summed E-state index contributed by atoms with van der Waals surface area (Å²) in [5.74, 6) is 0. The van der Waals surface area contributed by atoms with Gasteiger partial charge in [-0.05, 0) is 37.1 Å². The van der Waals surface area contributed by atoms with Crippen LogP contribution in [0.15, 0.2) is 42.6 Å². The van der Waals surface area contributed by atoms with Gasteiger partial charge in [0.1, 0.15) is 0 Å². The van der Waals surface area contributed by atoms with E-state index in [0.29, 0.717) is 18.8 Å². The van der Waals surface area contributed by atoms with Crippen molar-refractivity contribution in [2.45, 2.75) is 26.4 Å². The van der Waals surface area contributed by atoms with Gasteiger partial charge in [-0.25, -0.2) is 9.59 Å². The first kappa shape index (κ1) is 20.6. The topological polar surface area (TPSA) is 97.8 Å². The van der Waals surface area contributed by atoms with E-state index in [9.17, 15) is 9.59 Å². The molecule has 1 aromatic heterocycles. The zero-order chi connectivity index (χ0) is 20.8. The summed E-state index contributed by atoms with van der Waals surface area (Å²) < 4.78 is 0. The molecule has 8 nitrogen and oxygen atoms in total. The molecule has 0 bridgehead atoms. The molecule has 1 aromatic carbocycles. The van der Waals surface area contributed by atoms with Crippen LogP contribution in [0.3, 0.4) is 0 Å². The summed E-state index contributed by atoms with van der Waals surface area (Å²) in [5, 5.41) is 14.8. The van der Waals surface area contributed by atoms with Gasteiger partial charge in [0.25, 0.3) is 0 Å². The van der Waals surface area contributed by atoms with Crippen LogP contribution in [-0.2, 0) is 6.54 Å². The predicted octanol–water partition coefficient (Wildman–Crippen LogP) is 3.07. The number of nitrogens with zero attached hydrogens (tertiary/aromatic N) is 3. The number of amides is 3. The molecule has 1 atom stereocenters. The largest absolute Gasteiger partial charge is 0.465 e. The Morgan fingerprint density at radius 1 is 1.17 bits per heavy atom. The van der Waals surface area contributed by atoms with Crippen LogP contribution in [0.4, 0.5) is 15.3 Å². The van der Waals surface area contributed by atoms with Crippen molar-refractivity contribution < 1.29 is 14.7 Å². The lowest BCUT2D eigenvalue weighted by Crippen LogP contribution is -2.47. The Labute approximate surface area is 170 Å². The third kappa shape index (κ3) is 5.92. The van der Waals surface area contributed by atoms with Gasteiger partial charge in [0.15, 0.2) is 0 Å². The number of anilines is 1. The zero-order valence-corrected chi connectivity index (χ0v) is 16.8. The van der Waals surface area contributed by atoms with Crippen molar-refractivity contribution in [3.63, 3.8) is 0 Å². The molecule has 1 aliphatic rings. The molecule has 0 spiro atoms. The molecule has 2 aromatic rings. The minimum Gasteiger partial charge on any atom is -0.465 e. The summed E-state index contributed by atoms with van der Waals surface area (Å²) in [4.78, 5) is 31.1. The molecule has 29 heavy (non-hydrogen) atoms. The van der Waals surface area contributed by atoms with Crippen molar-refractivity contribution >= 4 is 17.8 Å². The van der Waals surface area contributed by atoms with Crippen molar-refractivity contribution in [3.8, 4) is 0 Å². The molecular weight excluding hydrogens is 370 g/mol. The van der Waals surface area contributed by atoms with Gasteiger partial charge in [0.05, 0.1) is 17.9 Å². The zero-order valence-electron chi connectivity index (χ0n) is 16.8. The maximum atomic E-state index is 12.3. The number of aromatic nitrogens is 1. The first-order chi connectivity index (χ1) is 13.9. The monoisotopic (exact) mass is 397 g/mol. The lowest BCUT2D eigenvalue weighted by molar-refractivity contribution is 0.103. The first-order valence-electron chi connectivity index (χ1n) is 9.70. The van der Waals surface area contributed by atoms with Crippen molar-refractivity contribution in [2.24, 2.45) is 0 Å². The highest BCUT2D eigenvalue weighted by molar-refractivity contribution is 5.89. The van der Waals surface area contributed by atoms with Gasteiger partial charge in [-0.1, -0.05) is 24.3 Å². The Morgan fingerprint density at radius 2 is 1.93 bits per heavy atom. The number of benzene rings is 1. The fraction of sp³-hybridized carbons (Fsp3) is 0.381. The molecular formula is C21H27N5O3. The molecule has 0 saturated carbocycles. The second kappa shape index (κ2) is 9.38. The summed E-state index contributed by atoms with van der Waals surface area (Å²) in [5.41, 5.74) is 3.70. The molecule has 0 aliphatic carbocycles. The van der Waals surface area contributed by atoms with Crippen LogP contribution in [0.25, 0.3) is 0 Å². The lowest BCUT2D eigenvalue weighted by atomic mass is 10.0. The summed E-state index contributed by atoms with van der Waals surface area (Å²) in [6.45, 7) is 7.09. The lowest BCUT2D eigenvalue weighted by Gasteiger charge is -2.33. The average Bonchev–Trinajstić information content (AvgIpc) is 2.70. The van der Waals surface area contributed by atoms with E-state index in [-0.39, 0.29) is 12.1 Å². The Hall–Kier alpha value is -3.13. The molecule has 3 amide bonds. The number of rotatable bonds is 5. The fourth-order valence-corrected chi connectivity index (χ4v) is 3.31. The van der Waals surface area contributed by atoms with Crippen LogP contribution in [0.1, 0.15) is 29.8 Å². The van der Waals surface area contributed by atoms with Crippen LogP contribution >= 0.6 is 0 Å². The van der Waals surface area contributed by atoms with E-state index in [4.69, 9.17) is 5.11 Å². The summed E-state index contributed by atoms with van der Waals surface area (Å²) in [6.07, 6.45) is 0.774. The Morgan fingerprint density at radius 3 is 2.59 bits per heavy atom. The van der Waals surface area contributed by atoms with E-state index in [1.807, 2.05) is 38.1 Å². The molecule has 8 heteroatoms. The molecule has 1 aliphatic heterocycles. The Balaban J connectivity index is 1.53. The second-order valence-electron chi connectivity index (χ2n) is 7.30. The van der Waals surface area contributed by atoms with E-state index >= 15 is 0 Å². The van der Waals surface area contributed by atoms with E-state index in [1.54, 1.807) is 6.20 Å². The van der Waals surface area contributed by atoms with Crippen LogP contribution in [0, 0.1) is 6.92 Å². The third-order valence-electron chi connectivity index (χ3n) is 5.02. The molecule has 154 valence electrons. The van der Waals surface area contributed by atoms with Crippen LogP contribution < -0.4 is 10.6 Å². The highest BCUT2D eigenvalue weighted by Gasteiger charge is 2.20. The minimum absolute atomic E-state index is 0.155. The number of urea groups is 1. The maximum absolute atomic E-state index is 12.3. The number of aryl methyl sites for hydroxylation is 1. The third-order valence-corrected chi connectivity index (χ3v) is 5.02. The van der Waals surface area contributed by atoms with Crippen LogP contribution in [0.5, 0.6) is 0 Å². The normalized spacial score (nSPS) is 15.6. The van der Waals surface area contributed by atoms with Crippen molar-refractivity contribution in [3.05, 3.63) is 59.4 Å². The number of hydrogen-bond acceptors (Lipinski definition) is 4. The van der Waals surface area contributed by atoms with Crippen molar-refractivity contribution in [2.75, 3.05) is 31.5 Å². The van der Waals surface area contributed by atoms with Crippen LogP contribution in [0.2, 0.25) is 0 Å². The summed E-state index contributed by atoms with van der Waals surface area (Å²) >= 11 is 0. The summed E-state index contributed by atoms with van der Waals surface area (Å²) in [6, 6.07) is 11.3. The fourth-order valence-electron chi connectivity index (χ4n) is 3.31. The van der Waals surface area contributed by atoms with Crippen LogP contribution in [-0.4, -0.2) is 58.2 Å². The molecule has 1 unspecified atom stereocenters. The molecule has 0 radical (unpaired) electrons. The highest BCUT2D eigenvalue weighted by Crippen LogP contribution is 2.17. The van der Waals surface area contributed by atoms with Crippen molar-refractivity contribution in [1.82, 2.24) is 20.1 Å². The quantitative estimate of drug-likeness (QED) is 0.720. The SMILES string of the molecule is Cc1ccc(NC(=O)NC(C)c2cccc(CN3CCN(C(=O)O)CC3)c2)cn1. The van der Waals surface area contributed by atoms with E-state index in [2.05, 4.69) is 32.7 Å². The number of nitrogens with one attached hydrogen (secondary N) is 2. The molecule has 1 saturated heterocycles. The molecule has 1 fully saturated rings. The van der Waals surface area contributed by atoms with Gasteiger partial charge in [-0.2, -0.15) is 0 Å². The van der Waals surface area contributed by atoms with Gasteiger partial charge in [-0.3, -0.25) is 9.88 Å². The Kier molecular flexibility index (Phi) is 6.66. The van der Waals surface area contributed by atoms with Gasteiger partial charge >= 0.3 is 12.1 Å². The predicted molar refractivity (Wildman–Crippen MR) is 111 cm³/mol.